The normalized spacial score (nSPS) is 16.5. The van der Waals surface area contributed by atoms with Crippen LogP contribution in [-0.4, -0.2) is 18.5 Å². The zero-order valence-corrected chi connectivity index (χ0v) is 25.9. The van der Waals surface area contributed by atoms with E-state index in [1.54, 1.807) is 7.11 Å². The summed E-state index contributed by atoms with van der Waals surface area (Å²) in [5.41, 5.74) is 7.02. The maximum atomic E-state index is 14.1. The standard InChI is InChI=1S/C36H27ClN2O5S/c1-41-30-16-21(10-14-28(30)42-19-22-11-15-29-31(17-22)44-20-43-29)18-32-35(40)39-34(25-8-4-5-9-27(25)37)26-13-12-23-6-2-3-7-24(23)33(26)38-36(39)45-32/h2-11,14-18,34H,12-13,19-20H2,1H3/b32-18-/t34-/m1/s1. The molecule has 4 aromatic carbocycles. The second-order valence-corrected chi connectivity index (χ2v) is 12.4. The van der Waals surface area contributed by atoms with Gasteiger partial charge in [0.15, 0.2) is 27.8 Å². The van der Waals surface area contributed by atoms with Gasteiger partial charge in [-0.15, -0.1) is 0 Å². The molecule has 8 rings (SSSR count). The molecule has 2 aliphatic heterocycles. The largest absolute Gasteiger partial charge is 0.493 e. The fourth-order valence-electron chi connectivity index (χ4n) is 6.23. The van der Waals surface area contributed by atoms with E-state index in [1.807, 2.05) is 77.4 Å². The van der Waals surface area contributed by atoms with Crippen molar-refractivity contribution in [3.8, 4) is 23.0 Å². The molecule has 9 heteroatoms. The van der Waals surface area contributed by atoms with Crippen molar-refractivity contribution in [2.45, 2.75) is 25.5 Å². The number of rotatable bonds is 6. The molecular formula is C36H27ClN2O5S. The van der Waals surface area contributed by atoms with Crippen LogP contribution in [0.5, 0.6) is 23.0 Å². The number of halogens is 1. The van der Waals surface area contributed by atoms with Crippen LogP contribution in [0.4, 0.5) is 0 Å². The Morgan fingerprint density at radius 3 is 2.71 bits per heavy atom. The predicted molar refractivity (Wildman–Crippen MR) is 174 cm³/mol. The average molecular weight is 635 g/mol. The maximum absolute atomic E-state index is 14.1. The van der Waals surface area contributed by atoms with E-state index in [-0.39, 0.29) is 18.4 Å². The Bertz CT molecular complexity index is 2200. The number of aryl methyl sites for hydroxylation is 1. The van der Waals surface area contributed by atoms with Crippen LogP contribution in [0.3, 0.4) is 0 Å². The van der Waals surface area contributed by atoms with Gasteiger partial charge in [0.05, 0.1) is 23.4 Å². The summed E-state index contributed by atoms with van der Waals surface area (Å²) in [6.07, 6.45) is 3.58. The van der Waals surface area contributed by atoms with Crippen LogP contribution in [0.1, 0.15) is 40.3 Å². The molecule has 1 atom stereocenters. The van der Waals surface area contributed by atoms with Gasteiger partial charge >= 0.3 is 0 Å². The number of aromatic nitrogens is 1. The minimum Gasteiger partial charge on any atom is -0.493 e. The Labute approximate surface area is 267 Å². The van der Waals surface area contributed by atoms with E-state index in [1.165, 1.54) is 16.9 Å². The molecule has 3 aliphatic rings. The van der Waals surface area contributed by atoms with Crippen molar-refractivity contribution >= 4 is 34.7 Å². The summed E-state index contributed by atoms with van der Waals surface area (Å²) < 4.78 is 25.0. The van der Waals surface area contributed by atoms with Gasteiger partial charge in [0.2, 0.25) is 6.79 Å². The zero-order valence-electron chi connectivity index (χ0n) is 24.3. The first-order chi connectivity index (χ1) is 22.1. The predicted octanol–water partition coefficient (Wildman–Crippen LogP) is 6.29. The van der Waals surface area contributed by atoms with Gasteiger partial charge in [-0.2, -0.15) is 0 Å². The second kappa shape index (κ2) is 11.3. The van der Waals surface area contributed by atoms with E-state index in [0.717, 1.165) is 52.1 Å². The van der Waals surface area contributed by atoms with Crippen molar-refractivity contribution < 1.29 is 18.9 Å². The van der Waals surface area contributed by atoms with E-state index in [4.69, 9.17) is 35.5 Å². The van der Waals surface area contributed by atoms with Crippen LogP contribution in [0, 0.1) is 0 Å². The second-order valence-electron chi connectivity index (χ2n) is 11.0. The smallest absolute Gasteiger partial charge is 0.271 e. The fraction of sp³-hybridized carbons (Fsp3) is 0.167. The number of allylic oxidation sites excluding steroid dienone is 1. The lowest BCUT2D eigenvalue weighted by atomic mass is 9.83. The number of methoxy groups -OCH3 is 1. The lowest BCUT2D eigenvalue weighted by Gasteiger charge is -2.31. The molecule has 7 nitrogen and oxygen atoms in total. The van der Waals surface area contributed by atoms with Gasteiger partial charge in [-0.25, -0.2) is 4.99 Å². The van der Waals surface area contributed by atoms with Crippen LogP contribution in [-0.2, 0) is 13.0 Å². The van der Waals surface area contributed by atoms with Crippen molar-refractivity contribution in [1.82, 2.24) is 4.57 Å². The molecule has 3 heterocycles. The maximum Gasteiger partial charge on any atom is 0.271 e. The first kappa shape index (κ1) is 27.7. The highest BCUT2D eigenvalue weighted by Gasteiger charge is 2.33. The SMILES string of the molecule is COc1cc(/C=c2\sc3n(c2=O)[C@H](c2ccccc2Cl)C2=C(N=3)c3ccccc3CC2)ccc1OCc1ccc2c(c1)OCO2. The molecule has 45 heavy (non-hydrogen) atoms. The number of ether oxygens (including phenoxy) is 4. The molecule has 0 amide bonds. The van der Waals surface area contributed by atoms with Crippen LogP contribution in [0.2, 0.25) is 5.02 Å². The summed E-state index contributed by atoms with van der Waals surface area (Å²) in [4.78, 5) is 19.9. The summed E-state index contributed by atoms with van der Waals surface area (Å²) >= 11 is 8.15. The monoisotopic (exact) mass is 634 g/mol. The van der Waals surface area contributed by atoms with Crippen LogP contribution < -0.4 is 33.8 Å². The van der Waals surface area contributed by atoms with Crippen LogP contribution in [0.25, 0.3) is 11.8 Å². The van der Waals surface area contributed by atoms with Gasteiger partial charge in [0.25, 0.3) is 5.56 Å². The molecule has 1 aromatic heterocycles. The zero-order chi connectivity index (χ0) is 30.5. The molecule has 0 N–H and O–H groups in total. The minimum absolute atomic E-state index is 0.101. The van der Waals surface area contributed by atoms with Gasteiger partial charge in [0.1, 0.15) is 6.61 Å². The van der Waals surface area contributed by atoms with E-state index in [0.29, 0.717) is 38.2 Å². The highest BCUT2D eigenvalue weighted by molar-refractivity contribution is 7.07. The third-order valence-corrected chi connectivity index (χ3v) is 9.72. The molecule has 224 valence electrons. The molecule has 5 aromatic rings. The van der Waals surface area contributed by atoms with Crippen molar-refractivity contribution in [2.24, 2.45) is 4.99 Å². The molecule has 0 saturated heterocycles. The Morgan fingerprint density at radius 1 is 0.978 bits per heavy atom. The topological polar surface area (TPSA) is 71.3 Å². The van der Waals surface area contributed by atoms with Crippen LogP contribution >= 0.6 is 22.9 Å². The minimum atomic E-state index is -0.332. The van der Waals surface area contributed by atoms with E-state index in [2.05, 4.69) is 18.2 Å². The summed E-state index contributed by atoms with van der Waals surface area (Å²) in [5, 5.41) is 0.630. The molecule has 0 unspecified atom stereocenters. The van der Waals surface area contributed by atoms with Gasteiger partial charge < -0.3 is 18.9 Å². The fourth-order valence-corrected chi connectivity index (χ4v) is 7.47. The van der Waals surface area contributed by atoms with Crippen LogP contribution in [0.15, 0.2) is 100 Å². The molecule has 0 fully saturated rings. The third-order valence-electron chi connectivity index (χ3n) is 8.39. The average Bonchev–Trinajstić information content (AvgIpc) is 3.66. The summed E-state index contributed by atoms with van der Waals surface area (Å²) in [6, 6.07) is 27.2. The van der Waals surface area contributed by atoms with Gasteiger partial charge in [-0.3, -0.25) is 9.36 Å². The highest BCUT2D eigenvalue weighted by Crippen LogP contribution is 2.42. The number of hydrogen-bond donors (Lipinski definition) is 0. The van der Waals surface area contributed by atoms with Gasteiger partial charge in [-0.05, 0) is 77.1 Å². The molecule has 1 aliphatic carbocycles. The van der Waals surface area contributed by atoms with E-state index >= 15 is 0 Å². The van der Waals surface area contributed by atoms with Crippen molar-refractivity contribution in [2.75, 3.05) is 13.9 Å². The molecule has 0 bridgehead atoms. The van der Waals surface area contributed by atoms with Crippen molar-refractivity contribution in [3.05, 3.63) is 143 Å². The first-order valence-electron chi connectivity index (χ1n) is 14.6. The Kier molecular flexibility index (Phi) is 6.96. The number of hydrogen-bond acceptors (Lipinski definition) is 7. The third kappa shape index (κ3) is 4.90. The molecular weight excluding hydrogens is 608 g/mol. The van der Waals surface area contributed by atoms with Crippen molar-refractivity contribution in [3.63, 3.8) is 0 Å². The quantitative estimate of drug-likeness (QED) is 0.220. The first-order valence-corrected chi connectivity index (χ1v) is 15.8. The summed E-state index contributed by atoms with van der Waals surface area (Å²) in [5.74, 6) is 2.60. The van der Waals surface area contributed by atoms with Crippen molar-refractivity contribution in [1.29, 1.82) is 0 Å². The molecule has 0 spiro atoms. The lowest BCUT2D eigenvalue weighted by Crippen LogP contribution is -2.38. The Morgan fingerprint density at radius 2 is 1.82 bits per heavy atom. The van der Waals surface area contributed by atoms with Gasteiger partial charge in [0, 0.05) is 10.6 Å². The number of thiazole rings is 1. The van der Waals surface area contributed by atoms with E-state index in [9.17, 15) is 4.79 Å². The Hall–Kier alpha value is -4.79. The number of benzene rings is 4. The number of fused-ring (bicyclic) bond motifs is 4. The molecule has 0 saturated carbocycles. The summed E-state index contributed by atoms with van der Waals surface area (Å²) in [7, 11) is 1.60. The Balaban J connectivity index is 1.18. The number of nitrogens with zero attached hydrogens (tertiary/aromatic N) is 2. The van der Waals surface area contributed by atoms with E-state index < -0.39 is 0 Å². The highest BCUT2D eigenvalue weighted by atomic mass is 35.5. The summed E-state index contributed by atoms with van der Waals surface area (Å²) in [6.45, 7) is 0.560. The molecule has 0 radical (unpaired) electrons. The van der Waals surface area contributed by atoms with Gasteiger partial charge in [-0.1, -0.05) is 77.5 Å². The lowest BCUT2D eigenvalue weighted by molar-refractivity contribution is 0.174.